The predicted octanol–water partition coefficient (Wildman–Crippen LogP) is 3.17. The molecule has 1 aromatic carbocycles. The quantitative estimate of drug-likeness (QED) is 0.805. The van der Waals surface area contributed by atoms with E-state index in [0.717, 1.165) is 16.7 Å². The molecule has 5 nitrogen and oxygen atoms in total. The van der Waals surface area contributed by atoms with E-state index < -0.39 is 0 Å². The van der Waals surface area contributed by atoms with E-state index in [1.54, 1.807) is 6.20 Å². The average molecular weight is 304 g/mol. The highest BCUT2D eigenvalue weighted by Gasteiger charge is 2.19. The van der Waals surface area contributed by atoms with Gasteiger partial charge in [0.2, 0.25) is 0 Å². The van der Waals surface area contributed by atoms with Gasteiger partial charge in [0.1, 0.15) is 0 Å². The highest BCUT2D eigenvalue weighted by Crippen LogP contribution is 2.26. The number of hydrogen-bond donors (Lipinski definition) is 1. The van der Waals surface area contributed by atoms with Gasteiger partial charge in [-0.1, -0.05) is 23.7 Å². The number of halogens is 1. The molecule has 0 radical (unpaired) electrons. The highest BCUT2D eigenvalue weighted by molar-refractivity contribution is 6.31. The second-order valence-corrected chi connectivity index (χ2v) is 5.82. The molecule has 21 heavy (non-hydrogen) atoms. The van der Waals surface area contributed by atoms with E-state index >= 15 is 0 Å². The molecule has 1 unspecified atom stereocenters. The maximum absolute atomic E-state index is 6.37. The summed E-state index contributed by atoms with van der Waals surface area (Å²) in [4.78, 5) is 4.38. The summed E-state index contributed by atoms with van der Waals surface area (Å²) in [6.07, 6.45) is 3.47. The van der Waals surface area contributed by atoms with Crippen molar-refractivity contribution in [2.24, 2.45) is 5.73 Å². The molecule has 2 N–H and O–H groups in total. The van der Waals surface area contributed by atoms with Gasteiger partial charge in [-0.25, -0.2) is 4.98 Å². The molecule has 0 saturated carbocycles. The highest BCUT2D eigenvalue weighted by atomic mass is 35.5. The maximum atomic E-state index is 6.37. The van der Waals surface area contributed by atoms with Crippen molar-refractivity contribution in [1.82, 2.24) is 19.3 Å². The Balaban J connectivity index is 1.93. The van der Waals surface area contributed by atoms with Crippen molar-refractivity contribution < 1.29 is 0 Å². The number of benzene rings is 1. The van der Waals surface area contributed by atoms with Gasteiger partial charge in [-0.2, -0.15) is 5.10 Å². The first kappa shape index (κ1) is 14.1. The summed E-state index contributed by atoms with van der Waals surface area (Å²) in [5.41, 5.74) is 9.27. The summed E-state index contributed by atoms with van der Waals surface area (Å²) in [6, 6.07) is 7.99. The lowest BCUT2D eigenvalue weighted by molar-refractivity contribution is 0.465. The van der Waals surface area contributed by atoms with Crippen molar-refractivity contribution >= 4 is 22.6 Å². The molecule has 0 bridgehead atoms. The molecule has 0 aliphatic heterocycles. The van der Waals surface area contributed by atoms with E-state index in [9.17, 15) is 0 Å². The van der Waals surface area contributed by atoms with Crippen molar-refractivity contribution in [2.45, 2.75) is 32.5 Å². The van der Waals surface area contributed by atoms with Gasteiger partial charge in [0.15, 0.2) is 0 Å². The molecule has 0 saturated heterocycles. The standard InChI is InChI=1S/C15H18ClN5/c1-10(2)21-15(11(16)7-19-21)12(17)8-20-9-18-13-5-3-4-6-14(13)20/h3-7,9-10,12H,8,17H2,1-2H3. The van der Waals surface area contributed by atoms with Gasteiger partial charge in [-0.05, 0) is 26.0 Å². The van der Waals surface area contributed by atoms with Gasteiger partial charge in [0.05, 0.1) is 40.3 Å². The van der Waals surface area contributed by atoms with Crippen molar-refractivity contribution in [3.63, 3.8) is 0 Å². The zero-order valence-corrected chi connectivity index (χ0v) is 12.8. The molecule has 2 heterocycles. The first-order valence-electron chi connectivity index (χ1n) is 6.96. The summed E-state index contributed by atoms with van der Waals surface area (Å²) in [5.74, 6) is 0. The molecule has 110 valence electrons. The smallest absolute Gasteiger partial charge is 0.0958 e. The number of fused-ring (bicyclic) bond motifs is 1. The lowest BCUT2D eigenvalue weighted by Crippen LogP contribution is -2.22. The fraction of sp³-hybridized carbons (Fsp3) is 0.333. The van der Waals surface area contributed by atoms with Crippen LogP contribution < -0.4 is 5.73 Å². The van der Waals surface area contributed by atoms with E-state index in [1.807, 2.05) is 39.8 Å². The van der Waals surface area contributed by atoms with Crippen LogP contribution in [0, 0.1) is 0 Å². The minimum Gasteiger partial charge on any atom is -0.329 e. The summed E-state index contributed by atoms with van der Waals surface area (Å²) in [7, 11) is 0. The summed E-state index contributed by atoms with van der Waals surface area (Å²) in [5, 5.41) is 4.92. The molecule has 1 atom stereocenters. The number of nitrogens with two attached hydrogens (primary N) is 1. The zero-order valence-electron chi connectivity index (χ0n) is 12.1. The molecular formula is C15H18ClN5. The normalized spacial score (nSPS) is 13.2. The predicted molar refractivity (Wildman–Crippen MR) is 84.3 cm³/mol. The van der Waals surface area contributed by atoms with E-state index in [4.69, 9.17) is 17.3 Å². The Morgan fingerprint density at radius 1 is 1.29 bits per heavy atom. The number of aromatic nitrogens is 4. The molecule has 0 spiro atoms. The first-order valence-corrected chi connectivity index (χ1v) is 7.34. The van der Waals surface area contributed by atoms with Crippen LogP contribution in [0.4, 0.5) is 0 Å². The van der Waals surface area contributed by atoms with Crippen LogP contribution in [0.3, 0.4) is 0 Å². The summed E-state index contributed by atoms with van der Waals surface area (Å²) in [6.45, 7) is 4.73. The SMILES string of the molecule is CC(C)n1ncc(Cl)c1C(N)Cn1cnc2ccccc21. The zero-order chi connectivity index (χ0) is 15.0. The topological polar surface area (TPSA) is 61.7 Å². The number of para-hydroxylation sites is 2. The Labute approximate surface area is 128 Å². The van der Waals surface area contributed by atoms with Crippen LogP contribution in [0.2, 0.25) is 5.02 Å². The number of imidazole rings is 1. The second-order valence-electron chi connectivity index (χ2n) is 5.41. The van der Waals surface area contributed by atoms with Crippen molar-refractivity contribution in [1.29, 1.82) is 0 Å². The van der Waals surface area contributed by atoms with E-state index in [2.05, 4.69) is 23.9 Å². The maximum Gasteiger partial charge on any atom is 0.0958 e. The van der Waals surface area contributed by atoms with E-state index in [1.165, 1.54) is 0 Å². The Morgan fingerprint density at radius 3 is 2.81 bits per heavy atom. The Morgan fingerprint density at radius 2 is 2.05 bits per heavy atom. The second kappa shape index (κ2) is 5.50. The Kier molecular flexibility index (Phi) is 3.69. The minimum absolute atomic E-state index is 0.220. The van der Waals surface area contributed by atoms with Crippen molar-refractivity contribution in [3.8, 4) is 0 Å². The molecule has 6 heteroatoms. The number of rotatable bonds is 4. The van der Waals surface area contributed by atoms with Crippen LogP contribution in [0.5, 0.6) is 0 Å². The van der Waals surface area contributed by atoms with Gasteiger partial charge in [-0.15, -0.1) is 0 Å². The fourth-order valence-corrected chi connectivity index (χ4v) is 2.83. The average Bonchev–Trinajstić information content (AvgIpc) is 3.03. The molecule has 0 amide bonds. The van der Waals surface area contributed by atoms with Crippen LogP contribution >= 0.6 is 11.6 Å². The molecule has 0 aliphatic carbocycles. The number of hydrogen-bond acceptors (Lipinski definition) is 3. The van der Waals surface area contributed by atoms with Crippen molar-refractivity contribution in [2.75, 3.05) is 0 Å². The van der Waals surface area contributed by atoms with Gasteiger partial charge in [0.25, 0.3) is 0 Å². The van der Waals surface area contributed by atoms with E-state index in [0.29, 0.717) is 11.6 Å². The van der Waals surface area contributed by atoms with Gasteiger partial charge < -0.3 is 10.3 Å². The lowest BCUT2D eigenvalue weighted by Gasteiger charge is -2.18. The van der Waals surface area contributed by atoms with Crippen molar-refractivity contribution in [3.05, 3.63) is 47.5 Å². The Bertz CT molecular complexity index is 758. The molecule has 3 rings (SSSR count). The fourth-order valence-electron chi connectivity index (χ4n) is 2.56. The van der Waals surface area contributed by atoms with Crippen LogP contribution in [0.15, 0.2) is 36.8 Å². The first-order chi connectivity index (χ1) is 10.1. The molecule has 0 fully saturated rings. The lowest BCUT2D eigenvalue weighted by atomic mass is 10.2. The summed E-state index contributed by atoms with van der Waals surface area (Å²) >= 11 is 6.25. The van der Waals surface area contributed by atoms with Crippen LogP contribution in [-0.2, 0) is 6.54 Å². The van der Waals surface area contributed by atoms with E-state index in [-0.39, 0.29) is 12.1 Å². The Hall–Kier alpha value is -1.85. The van der Waals surface area contributed by atoms with Crippen LogP contribution in [0.25, 0.3) is 11.0 Å². The third-order valence-electron chi connectivity index (χ3n) is 3.55. The largest absolute Gasteiger partial charge is 0.329 e. The molecule has 2 aromatic heterocycles. The minimum atomic E-state index is -0.236. The van der Waals surface area contributed by atoms with Gasteiger partial charge in [-0.3, -0.25) is 4.68 Å². The van der Waals surface area contributed by atoms with Gasteiger partial charge >= 0.3 is 0 Å². The molecule has 3 aromatic rings. The summed E-state index contributed by atoms with van der Waals surface area (Å²) < 4.78 is 3.93. The monoisotopic (exact) mass is 303 g/mol. The molecular weight excluding hydrogens is 286 g/mol. The van der Waals surface area contributed by atoms with Crippen LogP contribution in [0.1, 0.15) is 31.6 Å². The molecule has 0 aliphatic rings. The number of nitrogens with zero attached hydrogens (tertiary/aromatic N) is 4. The van der Waals surface area contributed by atoms with Gasteiger partial charge in [0, 0.05) is 12.6 Å². The third-order valence-corrected chi connectivity index (χ3v) is 3.84. The third kappa shape index (κ3) is 2.54. The van der Waals surface area contributed by atoms with Crippen LogP contribution in [-0.4, -0.2) is 19.3 Å².